The van der Waals surface area contributed by atoms with E-state index in [1.54, 1.807) is 6.92 Å². The fourth-order valence-corrected chi connectivity index (χ4v) is 0.659. The molecule has 0 bridgehead atoms. The van der Waals surface area contributed by atoms with Crippen LogP contribution in [0.25, 0.3) is 0 Å². The first-order valence-corrected chi connectivity index (χ1v) is 4.78. The molecule has 0 aromatic rings. The maximum Gasteiger partial charge on any atom is 0.218 e. The minimum absolute atomic E-state index is 0.178. The normalized spacial score (nSPS) is 14.9. The Morgan fingerprint density at radius 1 is 1.43 bits per heavy atom. The van der Waals surface area contributed by atoms with Gasteiger partial charge in [-0.2, -0.15) is 4.89 Å². The van der Waals surface area contributed by atoms with Gasteiger partial charge in [-0.15, -0.1) is 0 Å². The van der Waals surface area contributed by atoms with Gasteiger partial charge in [-0.05, 0) is 12.8 Å². The fraction of sp³-hybridized carbons (Fsp3) is 0.889. The Bertz CT molecular complexity index is 163. The molecule has 0 aliphatic carbocycles. The van der Waals surface area contributed by atoms with Crippen molar-refractivity contribution in [1.82, 2.24) is 5.32 Å². The van der Waals surface area contributed by atoms with E-state index in [1.807, 2.05) is 6.92 Å². The summed E-state index contributed by atoms with van der Waals surface area (Å²) in [4.78, 5) is 20.0. The van der Waals surface area contributed by atoms with Crippen molar-refractivity contribution >= 4 is 5.91 Å². The van der Waals surface area contributed by atoms with Crippen LogP contribution >= 0.6 is 0 Å². The first-order chi connectivity index (χ1) is 6.56. The number of hydrogen-bond acceptors (Lipinski definition) is 4. The molecule has 0 spiro atoms. The third-order valence-corrected chi connectivity index (χ3v) is 1.69. The van der Waals surface area contributed by atoms with Gasteiger partial charge in [0.05, 0.1) is 6.61 Å². The molecule has 0 aromatic heterocycles. The minimum Gasteiger partial charge on any atom is -0.329 e. The summed E-state index contributed by atoms with van der Waals surface area (Å²) in [7, 11) is 0. The highest BCUT2D eigenvalue weighted by Crippen LogP contribution is 2.01. The lowest BCUT2D eigenvalue weighted by Crippen LogP contribution is -2.32. The largest absolute Gasteiger partial charge is 0.329 e. The quantitative estimate of drug-likeness (QED) is 0.295. The zero-order valence-corrected chi connectivity index (χ0v) is 9.20. The van der Waals surface area contributed by atoms with E-state index in [2.05, 4.69) is 17.3 Å². The van der Waals surface area contributed by atoms with E-state index >= 15 is 0 Å². The van der Waals surface area contributed by atoms with E-state index in [1.165, 1.54) is 6.92 Å². The Kier molecular flexibility index (Phi) is 7.37. The molecule has 0 aromatic carbocycles. The van der Waals surface area contributed by atoms with Crippen molar-refractivity contribution < 1.29 is 19.6 Å². The summed E-state index contributed by atoms with van der Waals surface area (Å²) in [5.41, 5.74) is 0. The molecule has 0 fully saturated rings. The number of hydrogen-bond donors (Lipinski definition) is 1. The number of rotatable bonds is 7. The van der Waals surface area contributed by atoms with E-state index < -0.39 is 6.23 Å². The van der Waals surface area contributed by atoms with Crippen LogP contribution in [0.5, 0.6) is 0 Å². The summed E-state index contributed by atoms with van der Waals surface area (Å²) >= 11 is 0. The molecular formula is C9H19NO4. The summed E-state index contributed by atoms with van der Waals surface area (Å²) in [6.07, 6.45) is 0.509. The minimum atomic E-state index is -0.510. The summed E-state index contributed by atoms with van der Waals surface area (Å²) in [6, 6.07) is 0. The molecule has 14 heavy (non-hydrogen) atoms. The highest BCUT2D eigenvalue weighted by molar-refractivity contribution is 5.72. The summed E-state index contributed by atoms with van der Waals surface area (Å²) in [6.45, 7) is 7.63. The van der Waals surface area contributed by atoms with Gasteiger partial charge in [-0.3, -0.25) is 4.79 Å². The Morgan fingerprint density at radius 2 is 2.07 bits per heavy atom. The van der Waals surface area contributed by atoms with Gasteiger partial charge in [0.15, 0.2) is 6.23 Å². The number of carbonyl (C=O) groups is 1. The van der Waals surface area contributed by atoms with Gasteiger partial charge < -0.3 is 5.32 Å². The molecule has 0 saturated heterocycles. The lowest BCUT2D eigenvalue weighted by atomic mass is 10.1. The van der Waals surface area contributed by atoms with Crippen molar-refractivity contribution in [1.29, 1.82) is 0 Å². The number of nitrogens with one attached hydrogen (secondary N) is 1. The highest BCUT2D eigenvalue weighted by Gasteiger charge is 2.05. The third kappa shape index (κ3) is 7.97. The Morgan fingerprint density at radius 3 is 2.57 bits per heavy atom. The van der Waals surface area contributed by atoms with Gasteiger partial charge in [-0.1, -0.05) is 25.3 Å². The van der Waals surface area contributed by atoms with Crippen LogP contribution in [-0.2, 0) is 19.6 Å². The molecule has 5 heteroatoms. The number of amides is 1. The van der Waals surface area contributed by atoms with Crippen LogP contribution in [0.2, 0.25) is 0 Å². The van der Waals surface area contributed by atoms with Gasteiger partial charge in [0, 0.05) is 6.92 Å². The van der Waals surface area contributed by atoms with Gasteiger partial charge in [0.25, 0.3) is 0 Å². The van der Waals surface area contributed by atoms with E-state index in [0.717, 1.165) is 6.42 Å². The first-order valence-electron chi connectivity index (χ1n) is 4.78. The molecule has 0 heterocycles. The van der Waals surface area contributed by atoms with Gasteiger partial charge in [0.1, 0.15) is 0 Å². The molecule has 2 unspecified atom stereocenters. The number of carbonyl (C=O) groups excluding carboxylic acids is 1. The van der Waals surface area contributed by atoms with E-state index in [-0.39, 0.29) is 5.91 Å². The van der Waals surface area contributed by atoms with Crippen LogP contribution in [0.15, 0.2) is 0 Å². The van der Waals surface area contributed by atoms with Crippen molar-refractivity contribution in [2.45, 2.75) is 40.3 Å². The molecule has 0 rings (SSSR count). The van der Waals surface area contributed by atoms with Crippen LogP contribution in [0, 0.1) is 5.92 Å². The van der Waals surface area contributed by atoms with Gasteiger partial charge in [-0.25, -0.2) is 4.89 Å². The molecule has 1 amide bonds. The Hall–Kier alpha value is -0.650. The van der Waals surface area contributed by atoms with Crippen molar-refractivity contribution in [3.8, 4) is 0 Å². The van der Waals surface area contributed by atoms with Crippen molar-refractivity contribution in [3.63, 3.8) is 0 Å². The smallest absolute Gasteiger partial charge is 0.218 e. The second-order valence-corrected chi connectivity index (χ2v) is 3.30. The standard InChI is InChI=1S/C9H19NO4/c1-5-7(2)6-12-14-13-9(4)10-8(3)11/h7,9H,5-6H2,1-4H3,(H,10,11). The zero-order valence-electron chi connectivity index (χ0n) is 9.20. The van der Waals surface area contributed by atoms with Crippen LogP contribution in [0.4, 0.5) is 0 Å². The zero-order chi connectivity index (χ0) is 11.0. The second-order valence-electron chi connectivity index (χ2n) is 3.30. The molecular weight excluding hydrogens is 186 g/mol. The molecule has 5 nitrogen and oxygen atoms in total. The van der Waals surface area contributed by atoms with Crippen LogP contribution < -0.4 is 5.32 Å². The predicted molar refractivity (Wildman–Crippen MR) is 50.9 cm³/mol. The van der Waals surface area contributed by atoms with Crippen molar-refractivity contribution in [3.05, 3.63) is 0 Å². The maximum atomic E-state index is 10.6. The molecule has 0 radical (unpaired) electrons. The molecule has 0 aliphatic rings. The summed E-state index contributed by atoms with van der Waals surface area (Å²) in [5, 5.41) is 6.93. The molecule has 0 aliphatic heterocycles. The van der Waals surface area contributed by atoms with Crippen LogP contribution in [-0.4, -0.2) is 18.7 Å². The first kappa shape index (κ1) is 13.4. The lowest BCUT2D eigenvalue weighted by molar-refractivity contribution is -0.528. The highest BCUT2D eigenvalue weighted by atomic mass is 17.5. The second kappa shape index (κ2) is 7.73. The Labute approximate surface area is 84.6 Å². The average molecular weight is 205 g/mol. The molecule has 84 valence electrons. The lowest BCUT2D eigenvalue weighted by Gasteiger charge is -2.12. The Balaban J connectivity index is 3.31. The molecule has 2 atom stereocenters. The molecule has 1 N–H and O–H groups in total. The van der Waals surface area contributed by atoms with Crippen molar-refractivity contribution in [2.24, 2.45) is 5.92 Å². The van der Waals surface area contributed by atoms with E-state index in [0.29, 0.717) is 12.5 Å². The monoisotopic (exact) mass is 205 g/mol. The maximum absolute atomic E-state index is 10.6. The fourth-order valence-electron chi connectivity index (χ4n) is 0.659. The summed E-state index contributed by atoms with van der Waals surface area (Å²) < 4.78 is 0. The third-order valence-electron chi connectivity index (χ3n) is 1.69. The average Bonchev–Trinajstić information content (AvgIpc) is 2.10. The van der Waals surface area contributed by atoms with Gasteiger partial charge >= 0.3 is 0 Å². The van der Waals surface area contributed by atoms with E-state index in [9.17, 15) is 4.79 Å². The topological polar surface area (TPSA) is 56.8 Å². The van der Waals surface area contributed by atoms with Crippen LogP contribution in [0.1, 0.15) is 34.1 Å². The van der Waals surface area contributed by atoms with Crippen LogP contribution in [0.3, 0.4) is 0 Å². The van der Waals surface area contributed by atoms with E-state index in [4.69, 9.17) is 9.78 Å². The van der Waals surface area contributed by atoms with Gasteiger partial charge in [0.2, 0.25) is 5.91 Å². The predicted octanol–water partition coefficient (Wildman–Crippen LogP) is 1.39. The summed E-state index contributed by atoms with van der Waals surface area (Å²) in [5.74, 6) is 0.248. The molecule has 0 saturated carbocycles. The SMILES string of the molecule is CCC(C)COOOC(C)NC(C)=O. The van der Waals surface area contributed by atoms with Crippen molar-refractivity contribution in [2.75, 3.05) is 6.61 Å².